The first kappa shape index (κ1) is 10.3. The molecule has 1 atom stereocenters. The Morgan fingerprint density at radius 2 is 2.23 bits per heavy atom. The quantitative estimate of drug-likeness (QED) is 0.631. The van der Waals surface area contributed by atoms with E-state index in [1.807, 2.05) is 0 Å². The number of carbonyl (C=O) groups is 1. The fraction of sp³-hybridized carbons (Fsp3) is 0.889. The van der Waals surface area contributed by atoms with Crippen molar-refractivity contribution < 1.29 is 13.9 Å². The van der Waals surface area contributed by atoms with Crippen LogP contribution in [0.3, 0.4) is 0 Å². The van der Waals surface area contributed by atoms with Crippen LogP contribution in [-0.2, 0) is 4.74 Å². The molecule has 1 rings (SSSR count). The van der Waals surface area contributed by atoms with Gasteiger partial charge in [0.05, 0.1) is 6.04 Å². The maximum atomic E-state index is 12.2. The Hall–Kier alpha value is -0.800. The molecule has 1 aliphatic heterocycles. The first-order valence-electron chi connectivity index (χ1n) is 4.49. The number of rotatable bonds is 1. The van der Waals surface area contributed by atoms with Crippen molar-refractivity contribution in [2.24, 2.45) is 0 Å². The van der Waals surface area contributed by atoms with Gasteiger partial charge in [0.15, 0.2) is 0 Å². The fourth-order valence-corrected chi connectivity index (χ4v) is 1.16. The second-order valence-corrected chi connectivity index (χ2v) is 4.27. The number of halogens is 1. The highest BCUT2D eigenvalue weighted by Crippen LogP contribution is 2.21. The van der Waals surface area contributed by atoms with Gasteiger partial charge in [0, 0.05) is 6.54 Å². The number of alkyl halides is 1. The predicted molar refractivity (Wildman–Crippen MR) is 47.3 cm³/mol. The summed E-state index contributed by atoms with van der Waals surface area (Å²) in [5.41, 5.74) is -0.493. The molecule has 1 saturated heterocycles. The molecule has 1 amide bonds. The van der Waals surface area contributed by atoms with Crippen LogP contribution in [-0.4, -0.2) is 35.9 Å². The molecule has 0 N–H and O–H groups in total. The summed E-state index contributed by atoms with van der Waals surface area (Å²) in [6, 6.07) is -0.255. The lowest BCUT2D eigenvalue weighted by molar-refractivity contribution is -0.00958. The van der Waals surface area contributed by atoms with E-state index in [0.717, 1.165) is 6.42 Å². The van der Waals surface area contributed by atoms with Crippen LogP contribution in [0.2, 0.25) is 0 Å². The number of likely N-dealkylation sites (tertiary alicyclic amines) is 1. The minimum atomic E-state index is -0.493. The molecule has 0 radical (unpaired) electrons. The van der Waals surface area contributed by atoms with Crippen molar-refractivity contribution >= 4 is 6.09 Å². The molecule has 0 aromatic heterocycles. The Morgan fingerprint density at radius 3 is 2.54 bits per heavy atom. The number of hydrogen-bond donors (Lipinski definition) is 0. The zero-order chi connectivity index (χ0) is 10.1. The highest BCUT2D eigenvalue weighted by Gasteiger charge is 2.34. The molecule has 13 heavy (non-hydrogen) atoms. The molecule has 1 heterocycles. The van der Waals surface area contributed by atoms with E-state index < -0.39 is 18.4 Å². The third kappa shape index (κ3) is 2.57. The van der Waals surface area contributed by atoms with E-state index in [2.05, 4.69) is 0 Å². The molecule has 0 aromatic rings. The molecule has 76 valence electrons. The lowest BCUT2D eigenvalue weighted by Crippen LogP contribution is -2.53. The van der Waals surface area contributed by atoms with Crippen molar-refractivity contribution in [3.63, 3.8) is 0 Å². The standard InChI is InChI=1S/C9H16FNO2/c1-9(2,3)13-8(12)11-5-4-7(11)6-10/h7H,4-6H2,1-3H3/t7-/m0/s1. The monoisotopic (exact) mass is 189 g/mol. The fourth-order valence-electron chi connectivity index (χ4n) is 1.16. The maximum absolute atomic E-state index is 12.2. The number of ether oxygens (including phenoxy) is 1. The number of hydrogen-bond acceptors (Lipinski definition) is 2. The van der Waals surface area contributed by atoms with Crippen LogP contribution in [0.15, 0.2) is 0 Å². The third-order valence-electron chi connectivity index (χ3n) is 1.95. The highest BCUT2D eigenvalue weighted by molar-refractivity contribution is 5.69. The minimum absolute atomic E-state index is 0.255. The van der Waals surface area contributed by atoms with E-state index in [-0.39, 0.29) is 6.04 Å². The van der Waals surface area contributed by atoms with Crippen molar-refractivity contribution in [2.75, 3.05) is 13.2 Å². The Labute approximate surface area is 77.9 Å². The van der Waals surface area contributed by atoms with Crippen LogP contribution in [0.25, 0.3) is 0 Å². The zero-order valence-corrected chi connectivity index (χ0v) is 8.34. The number of nitrogens with zero attached hydrogens (tertiary/aromatic N) is 1. The van der Waals surface area contributed by atoms with Crippen molar-refractivity contribution in [3.05, 3.63) is 0 Å². The van der Waals surface area contributed by atoms with E-state index in [1.165, 1.54) is 4.90 Å². The number of carbonyl (C=O) groups excluding carboxylic acids is 1. The van der Waals surface area contributed by atoms with Gasteiger partial charge in [-0.1, -0.05) is 0 Å². The van der Waals surface area contributed by atoms with Crippen molar-refractivity contribution in [1.29, 1.82) is 0 Å². The van der Waals surface area contributed by atoms with Crippen LogP contribution in [0.4, 0.5) is 9.18 Å². The van der Waals surface area contributed by atoms with E-state index in [4.69, 9.17) is 4.74 Å². The summed E-state index contributed by atoms with van der Waals surface area (Å²) in [7, 11) is 0. The van der Waals surface area contributed by atoms with Gasteiger partial charge in [0.25, 0.3) is 0 Å². The second kappa shape index (κ2) is 3.52. The maximum Gasteiger partial charge on any atom is 0.410 e. The van der Waals surface area contributed by atoms with Crippen LogP contribution in [0.5, 0.6) is 0 Å². The first-order valence-corrected chi connectivity index (χ1v) is 4.49. The second-order valence-electron chi connectivity index (χ2n) is 4.27. The summed E-state index contributed by atoms with van der Waals surface area (Å²) >= 11 is 0. The molecule has 3 nitrogen and oxygen atoms in total. The van der Waals surface area contributed by atoms with Gasteiger partial charge < -0.3 is 9.64 Å². The van der Waals surface area contributed by atoms with Gasteiger partial charge in [-0.25, -0.2) is 9.18 Å². The van der Waals surface area contributed by atoms with Crippen LogP contribution in [0, 0.1) is 0 Å². The van der Waals surface area contributed by atoms with Crippen LogP contribution < -0.4 is 0 Å². The minimum Gasteiger partial charge on any atom is -0.444 e. The summed E-state index contributed by atoms with van der Waals surface area (Å²) in [5, 5.41) is 0. The van der Waals surface area contributed by atoms with Crippen LogP contribution >= 0.6 is 0 Å². The van der Waals surface area contributed by atoms with E-state index in [0.29, 0.717) is 6.54 Å². The largest absolute Gasteiger partial charge is 0.444 e. The van der Waals surface area contributed by atoms with Gasteiger partial charge in [-0.05, 0) is 27.2 Å². The van der Waals surface area contributed by atoms with Gasteiger partial charge in [-0.2, -0.15) is 0 Å². The van der Waals surface area contributed by atoms with Crippen molar-refractivity contribution in [3.8, 4) is 0 Å². The predicted octanol–water partition coefficient (Wildman–Crippen LogP) is 1.97. The molecule has 0 saturated carbocycles. The van der Waals surface area contributed by atoms with E-state index in [1.54, 1.807) is 20.8 Å². The van der Waals surface area contributed by atoms with Gasteiger partial charge in [-0.15, -0.1) is 0 Å². The third-order valence-corrected chi connectivity index (χ3v) is 1.95. The summed E-state index contributed by atoms with van der Waals surface area (Å²) in [5.74, 6) is 0. The zero-order valence-electron chi connectivity index (χ0n) is 8.34. The molecule has 0 aliphatic carbocycles. The molecule has 0 unspecified atom stereocenters. The van der Waals surface area contributed by atoms with Crippen molar-refractivity contribution in [2.45, 2.75) is 38.8 Å². The molecular weight excluding hydrogens is 173 g/mol. The Kier molecular flexibility index (Phi) is 2.78. The highest BCUT2D eigenvalue weighted by atomic mass is 19.1. The van der Waals surface area contributed by atoms with Gasteiger partial charge in [0.1, 0.15) is 12.3 Å². The SMILES string of the molecule is CC(C)(C)OC(=O)N1CC[C@H]1CF. The topological polar surface area (TPSA) is 29.5 Å². The summed E-state index contributed by atoms with van der Waals surface area (Å²) in [6.07, 6.45) is 0.344. The normalized spacial score (nSPS) is 22.5. The average Bonchev–Trinajstić information content (AvgIpc) is 1.80. The molecular formula is C9H16FNO2. The smallest absolute Gasteiger partial charge is 0.410 e. The molecule has 1 aliphatic rings. The Balaban J connectivity index is 2.40. The molecule has 1 fully saturated rings. The molecule has 0 bridgehead atoms. The molecule has 0 aromatic carbocycles. The number of amides is 1. The lowest BCUT2D eigenvalue weighted by Gasteiger charge is -2.39. The summed E-state index contributed by atoms with van der Waals surface area (Å²) in [4.78, 5) is 12.8. The first-order chi connectivity index (χ1) is 5.94. The van der Waals surface area contributed by atoms with E-state index >= 15 is 0 Å². The van der Waals surface area contributed by atoms with Crippen LogP contribution in [0.1, 0.15) is 27.2 Å². The summed E-state index contributed by atoms with van der Waals surface area (Å²) < 4.78 is 17.3. The Morgan fingerprint density at radius 1 is 1.62 bits per heavy atom. The van der Waals surface area contributed by atoms with Gasteiger partial charge in [0.2, 0.25) is 0 Å². The molecule has 4 heteroatoms. The lowest BCUT2D eigenvalue weighted by atomic mass is 10.1. The molecule has 0 spiro atoms. The van der Waals surface area contributed by atoms with Gasteiger partial charge >= 0.3 is 6.09 Å². The summed E-state index contributed by atoms with van der Waals surface area (Å²) in [6.45, 7) is 5.54. The Bertz CT molecular complexity index is 198. The van der Waals surface area contributed by atoms with E-state index in [9.17, 15) is 9.18 Å². The average molecular weight is 189 g/mol. The van der Waals surface area contributed by atoms with Gasteiger partial charge in [-0.3, -0.25) is 0 Å². The van der Waals surface area contributed by atoms with Crippen molar-refractivity contribution in [1.82, 2.24) is 4.90 Å².